The minimum Gasteiger partial charge on any atom is -0.508 e. The monoisotopic (exact) mass is 348 g/mol. The number of aliphatic hydroxyl groups excluding tert-OH is 1. The fourth-order valence-electron chi connectivity index (χ4n) is 3.55. The molecule has 2 N–H and O–H groups in total. The quantitative estimate of drug-likeness (QED) is 0.552. The van der Waals surface area contributed by atoms with Gasteiger partial charge in [0, 0.05) is 6.61 Å². The number of hydrogen-bond acceptors (Lipinski definition) is 4. The predicted molar refractivity (Wildman–Crippen MR) is 99.3 cm³/mol. The van der Waals surface area contributed by atoms with Crippen molar-refractivity contribution in [3.05, 3.63) is 23.8 Å². The Morgan fingerprint density at radius 2 is 1.60 bits per heavy atom. The number of aliphatic hydroxyl groups is 1. The molecule has 0 amide bonds. The molecule has 1 heterocycles. The molecule has 0 aromatic heterocycles. The molecule has 0 spiro atoms. The van der Waals surface area contributed by atoms with E-state index in [4.69, 9.17) is 9.84 Å². The Balaban J connectivity index is 1.64. The lowest BCUT2D eigenvalue weighted by Crippen LogP contribution is -2.39. The molecule has 1 aromatic rings. The van der Waals surface area contributed by atoms with Crippen molar-refractivity contribution in [1.29, 1.82) is 0 Å². The number of unbranched alkanes of at least 4 members (excludes halogenated alkanes) is 8. The van der Waals surface area contributed by atoms with Gasteiger partial charge in [-0.3, -0.25) is 4.79 Å². The maximum Gasteiger partial charge on any atom is 0.170 e. The molecular formula is C21H32O4. The van der Waals surface area contributed by atoms with E-state index in [2.05, 4.69) is 0 Å². The molecule has 0 radical (unpaired) electrons. The second-order valence-electron chi connectivity index (χ2n) is 7.49. The molecule has 4 heteroatoms. The average Bonchev–Trinajstić information content (AvgIpc) is 2.57. The summed E-state index contributed by atoms with van der Waals surface area (Å²) in [6.07, 6.45) is 11.8. The molecular weight excluding hydrogens is 316 g/mol. The first-order valence-electron chi connectivity index (χ1n) is 9.70. The summed E-state index contributed by atoms with van der Waals surface area (Å²) in [6.45, 7) is 2.33. The van der Waals surface area contributed by atoms with Gasteiger partial charge in [0.2, 0.25) is 0 Å². The Kier molecular flexibility index (Phi) is 7.76. The molecule has 1 aliphatic heterocycles. The topological polar surface area (TPSA) is 66.8 Å². The van der Waals surface area contributed by atoms with Gasteiger partial charge in [-0.2, -0.15) is 0 Å². The first-order chi connectivity index (χ1) is 12.0. The van der Waals surface area contributed by atoms with Gasteiger partial charge in [0.25, 0.3) is 0 Å². The van der Waals surface area contributed by atoms with Crippen LogP contribution in [0.1, 0.15) is 87.9 Å². The molecule has 1 aromatic carbocycles. The number of hydrogen-bond donors (Lipinski definition) is 2. The molecule has 1 atom stereocenters. The summed E-state index contributed by atoms with van der Waals surface area (Å²) in [5.41, 5.74) is 0.0735. The van der Waals surface area contributed by atoms with Crippen molar-refractivity contribution >= 4 is 5.78 Å². The lowest BCUT2D eigenvalue weighted by molar-refractivity contribution is 0.0452. The SMILES string of the molecule is CC1(CCCCCCCCCCCO)CC(=O)c2cc(O)ccc2O1. The molecule has 1 unspecified atom stereocenters. The van der Waals surface area contributed by atoms with Gasteiger partial charge >= 0.3 is 0 Å². The normalized spacial score (nSPS) is 19.5. The number of ketones is 1. The third kappa shape index (κ3) is 6.35. The van der Waals surface area contributed by atoms with Crippen LogP contribution >= 0.6 is 0 Å². The van der Waals surface area contributed by atoms with E-state index < -0.39 is 5.60 Å². The van der Waals surface area contributed by atoms with E-state index >= 15 is 0 Å². The van der Waals surface area contributed by atoms with Gasteiger partial charge in [-0.1, -0.05) is 44.9 Å². The van der Waals surface area contributed by atoms with Crippen molar-refractivity contribution in [1.82, 2.24) is 0 Å². The van der Waals surface area contributed by atoms with Crippen molar-refractivity contribution in [2.24, 2.45) is 0 Å². The Labute approximate surface area is 151 Å². The van der Waals surface area contributed by atoms with Crippen LogP contribution < -0.4 is 4.74 Å². The zero-order valence-electron chi connectivity index (χ0n) is 15.4. The van der Waals surface area contributed by atoms with Crippen LogP contribution in [-0.4, -0.2) is 28.2 Å². The number of rotatable bonds is 11. The molecule has 0 saturated heterocycles. The number of ether oxygens (including phenoxy) is 1. The first kappa shape index (κ1) is 19.8. The Hall–Kier alpha value is -1.55. The van der Waals surface area contributed by atoms with Crippen molar-refractivity contribution in [3.8, 4) is 11.5 Å². The maximum absolute atomic E-state index is 12.3. The number of fused-ring (bicyclic) bond motifs is 1. The van der Waals surface area contributed by atoms with Crippen LogP contribution in [0.5, 0.6) is 11.5 Å². The van der Waals surface area contributed by atoms with Crippen LogP contribution in [0.15, 0.2) is 18.2 Å². The molecule has 140 valence electrons. The second kappa shape index (κ2) is 9.81. The largest absolute Gasteiger partial charge is 0.508 e. The van der Waals surface area contributed by atoms with Gasteiger partial charge in [-0.25, -0.2) is 0 Å². The van der Waals surface area contributed by atoms with E-state index in [1.54, 1.807) is 12.1 Å². The van der Waals surface area contributed by atoms with Crippen LogP contribution in [0.3, 0.4) is 0 Å². The third-order valence-electron chi connectivity index (χ3n) is 5.02. The summed E-state index contributed by atoms with van der Waals surface area (Å²) in [6, 6.07) is 4.76. The van der Waals surface area contributed by atoms with Gasteiger partial charge in [0.1, 0.15) is 17.1 Å². The average molecular weight is 348 g/mol. The number of carbonyl (C=O) groups excluding carboxylic acids is 1. The van der Waals surface area contributed by atoms with Crippen molar-refractivity contribution < 1.29 is 19.7 Å². The van der Waals surface area contributed by atoms with E-state index in [9.17, 15) is 9.90 Å². The van der Waals surface area contributed by atoms with Crippen molar-refractivity contribution in [2.45, 2.75) is 83.2 Å². The van der Waals surface area contributed by atoms with Crippen LogP contribution in [-0.2, 0) is 0 Å². The Bertz CT molecular complexity index is 555. The molecule has 2 rings (SSSR count). The Morgan fingerprint density at radius 3 is 2.24 bits per heavy atom. The Morgan fingerprint density at radius 1 is 1.00 bits per heavy atom. The molecule has 0 aliphatic carbocycles. The zero-order valence-corrected chi connectivity index (χ0v) is 15.4. The van der Waals surface area contributed by atoms with Gasteiger partial charge in [0.15, 0.2) is 5.78 Å². The van der Waals surface area contributed by atoms with Crippen LogP contribution in [0.4, 0.5) is 0 Å². The fourth-order valence-corrected chi connectivity index (χ4v) is 3.55. The van der Waals surface area contributed by atoms with Gasteiger partial charge in [-0.15, -0.1) is 0 Å². The number of phenols is 1. The van der Waals surface area contributed by atoms with Gasteiger partial charge in [0.05, 0.1) is 12.0 Å². The summed E-state index contributed by atoms with van der Waals surface area (Å²) < 4.78 is 6.08. The molecule has 0 saturated carbocycles. The molecule has 25 heavy (non-hydrogen) atoms. The molecule has 1 aliphatic rings. The van der Waals surface area contributed by atoms with Crippen LogP contribution in [0, 0.1) is 0 Å². The summed E-state index contributed by atoms with van der Waals surface area (Å²) in [7, 11) is 0. The van der Waals surface area contributed by atoms with E-state index in [0.717, 1.165) is 25.7 Å². The van der Waals surface area contributed by atoms with Gasteiger partial charge in [-0.05, 0) is 44.4 Å². The first-order valence-corrected chi connectivity index (χ1v) is 9.70. The molecule has 0 bridgehead atoms. The third-order valence-corrected chi connectivity index (χ3v) is 5.02. The number of Topliss-reactive ketones (excluding diaryl/α,β-unsaturated/α-hetero) is 1. The minimum atomic E-state index is -0.425. The lowest BCUT2D eigenvalue weighted by Gasteiger charge is -2.35. The number of aromatic hydroxyl groups is 1. The predicted octanol–water partition coefficient (Wildman–Crippen LogP) is 5.01. The highest BCUT2D eigenvalue weighted by molar-refractivity contribution is 6.00. The van der Waals surface area contributed by atoms with E-state index in [1.807, 2.05) is 6.92 Å². The second-order valence-corrected chi connectivity index (χ2v) is 7.49. The van der Waals surface area contributed by atoms with E-state index in [-0.39, 0.29) is 11.5 Å². The minimum absolute atomic E-state index is 0.0579. The number of phenolic OH excluding ortho intramolecular Hbond substituents is 1. The van der Waals surface area contributed by atoms with Gasteiger partial charge < -0.3 is 14.9 Å². The highest BCUT2D eigenvalue weighted by Gasteiger charge is 2.36. The standard InChI is InChI=1S/C21H32O4/c1-21(13-9-7-5-3-2-4-6-8-10-14-22)16-19(24)18-15-17(23)11-12-20(18)25-21/h11-12,15,22-23H,2-10,13-14,16H2,1H3. The smallest absolute Gasteiger partial charge is 0.170 e. The fraction of sp³-hybridized carbons (Fsp3) is 0.667. The summed E-state index contributed by atoms with van der Waals surface area (Å²) in [5, 5.41) is 18.3. The van der Waals surface area contributed by atoms with Crippen molar-refractivity contribution in [3.63, 3.8) is 0 Å². The lowest BCUT2D eigenvalue weighted by atomic mass is 9.87. The highest BCUT2D eigenvalue weighted by Crippen LogP contribution is 2.37. The number of carbonyl (C=O) groups is 1. The van der Waals surface area contributed by atoms with E-state index in [0.29, 0.717) is 24.3 Å². The number of benzene rings is 1. The highest BCUT2D eigenvalue weighted by atomic mass is 16.5. The summed E-state index contributed by atoms with van der Waals surface area (Å²) in [4.78, 5) is 12.3. The zero-order chi connectivity index (χ0) is 18.1. The summed E-state index contributed by atoms with van der Waals surface area (Å²) >= 11 is 0. The maximum atomic E-state index is 12.3. The summed E-state index contributed by atoms with van der Waals surface area (Å²) in [5.74, 6) is 0.762. The molecule has 4 nitrogen and oxygen atoms in total. The van der Waals surface area contributed by atoms with Crippen LogP contribution in [0.25, 0.3) is 0 Å². The van der Waals surface area contributed by atoms with Crippen LogP contribution in [0.2, 0.25) is 0 Å². The van der Waals surface area contributed by atoms with Crippen molar-refractivity contribution in [2.75, 3.05) is 6.61 Å². The molecule has 0 fully saturated rings. The van der Waals surface area contributed by atoms with E-state index in [1.165, 1.54) is 44.6 Å².